The molecule has 0 atom stereocenters. The number of aromatic hydroxyl groups is 2. The number of ether oxygens (including phenoxy) is 3. The third kappa shape index (κ3) is 32.5. The fourth-order valence-electron chi connectivity index (χ4n) is 3.33. The van der Waals surface area contributed by atoms with Crippen LogP contribution in [0.4, 0.5) is 22.0 Å². The number of carbonyl (C=O) groups is 2. The third-order valence-corrected chi connectivity index (χ3v) is 8.12. The topological polar surface area (TPSA) is 106 Å². The van der Waals surface area contributed by atoms with Crippen molar-refractivity contribution in [1.29, 1.82) is 0 Å². The number of hydrogen-bond donors (Lipinski definition) is 2. The van der Waals surface area contributed by atoms with Gasteiger partial charge in [0.15, 0.2) is 19.4 Å². The molecule has 8 nitrogen and oxygen atoms in total. The van der Waals surface area contributed by atoms with Crippen LogP contribution in [0.3, 0.4) is 0 Å². The van der Waals surface area contributed by atoms with Crippen molar-refractivity contribution in [2.45, 2.75) is 47.5 Å². The zero-order valence-corrected chi connectivity index (χ0v) is 39.2. The first-order valence-corrected chi connectivity index (χ1v) is 19.5. The summed E-state index contributed by atoms with van der Waals surface area (Å²) in [6.45, 7) is 17.7. The molecule has 0 radical (unpaired) electrons. The van der Waals surface area contributed by atoms with E-state index in [1.807, 2.05) is 6.92 Å². The maximum Gasteiger partial charge on any atom is 1.00 e. The Morgan fingerprint density at radius 3 is 1.46 bits per heavy atom. The summed E-state index contributed by atoms with van der Waals surface area (Å²) in [5.41, 5.74) is 0.747. The molecule has 0 aromatic heterocycles. The van der Waals surface area contributed by atoms with E-state index in [0.717, 1.165) is 42.3 Å². The molecular formula is C42H54Cl5F5LiNO7. The largest absolute Gasteiger partial charge is 1.00 e. The van der Waals surface area contributed by atoms with Gasteiger partial charge in [0.25, 0.3) is 0 Å². The van der Waals surface area contributed by atoms with E-state index in [-0.39, 0.29) is 79.9 Å². The molecule has 4 aromatic carbocycles. The summed E-state index contributed by atoms with van der Waals surface area (Å²) < 4.78 is 79.5. The maximum atomic E-state index is 12.9. The Hall–Kier alpha value is -2.80. The number of phenolic OH excluding ortho intramolecular Hbond substituents is 2. The van der Waals surface area contributed by atoms with Crippen molar-refractivity contribution in [2.24, 2.45) is 0 Å². The van der Waals surface area contributed by atoms with E-state index < -0.39 is 24.6 Å². The molecule has 2 N–H and O–H groups in total. The number of nitrogens with zero attached hydrogens (tertiary/aromatic N) is 1. The van der Waals surface area contributed by atoms with Crippen LogP contribution in [-0.2, 0) is 9.47 Å². The molecule has 0 bridgehead atoms. The molecule has 0 spiro atoms. The first kappa shape index (κ1) is 64.8. The van der Waals surface area contributed by atoms with Gasteiger partial charge in [0, 0.05) is 20.3 Å². The molecule has 0 saturated heterocycles. The average molecular weight is 965 g/mol. The van der Waals surface area contributed by atoms with Crippen molar-refractivity contribution >= 4 is 70.6 Å². The third-order valence-electron chi connectivity index (χ3n) is 6.55. The molecule has 0 aliphatic carbocycles. The molecule has 61 heavy (non-hydrogen) atoms. The van der Waals surface area contributed by atoms with Gasteiger partial charge in [-0.25, -0.2) is 17.6 Å². The molecule has 340 valence electrons. The van der Waals surface area contributed by atoms with Gasteiger partial charge in [-0.3, -0.25) is 14.0 Å². The number of halogens is 10. The van der Waals surface area contributed by atoms with Crippen molar-refractivity contribution in [3.63, 3.8) is 0 Å². The van der Waals surface area contributed by atoms with Gasteiger partial charge >= 0.3 is 18.9 Å². The second-order valence-corrected chi connectivity index (χ2v) is 12.5. The Morgan fingerprint density at radius 1 is 0.738 bits per heavy atom. The molecule has 0 fully saturated rings. The molecule has 0 aliphatic rings. The summed E-state index contributed by atoms with van der Waals surface area (Å²) in [5.74, 6) is -2.39. The zero-order valence-electron chi connectivity index (χ0n) is 36.5. The van der Waals surface area contributed by atoms with Crippen LogP contribution in [0.5, 0.6) is 17.2 Å². The van der Waals surface area contributed by atoms with Crippen molar-refractivity contribution in [3.8, 4) is 17.2 Å². The Balaban J connectivity index is -0.000000208. The smallest absolute Gasteiger partial charge is 0.508 e. The predicted octanol–water partition coefficient (Wildman–Crippen LogP) is 10.6. The SMILES string of the molecule is CCN(CC)CC.COCCl.COCOc1ccc(F)c(Cl)c1C=O.Cc1ccc(F)c(Cl)c1.O=Cc1c(O)ccc(F)c1Cl.Oc1ccc(F)c(Cl)c1.[2H]CF.[CH2-]CCC.[Li+]. The first-order valence-electron chi connectivity index (χ1n) is 18.2. The van der Waals surface area contributed by atoms with Crippen LogP contribution in [0.15, 0.2) is 60.7 Å². The fourth-order valence-corrected chi connectivity index (χ4v) is 4.15. The summed E-state index contributed by atoms with van der Waals surface area (Å²) in [7, 11) is 1.98. The van der Waals surface area contributed by atoms with E-state index in [2.05, 4.69) is 49.0 Å². The number of hydrogen-bond acceptors (Lipinski definition) is 8. The summed E-state index contributed by atoms with van der Waals surface area (Å²) >= 11 is 26.6. The molecule has 0 aliphatic heterocycles. The Morgan fingerprint density at radius 2 is 1.15 bits per heavy atom. The number of aldehydes is 2. The van der Waals surface area contributed by atoms with Gasteiger partial charge < -0.3 is 36.2 Å². The number of phenols is 2. The molecule has 0 unspecified atom stereocenters. The number of unbranched alkanes of at least 4 members (excludes halogenated alkanes) is 1. The Bertz CT molecular complexity index is 1700. The number of aryl methyl sites for hydroxylation is 1. The van der Waals surface area contributed by atoms with E-state index in [4.69, 9.17) is 74.3 Å². The second kappa shape index (κ2) is 43.8. The molecule has 4 rings (SSSR count). The minimum absolute atomic E-state index is 0. The second-order valence-electron chi connectivity index (χ2n) is 10.7. The van der Waals surface area contributed by atoms with Crippen LogP contribution in [0.25, 0.3) is 0 Å². The van der Waals surface area contributed by atoms with Gasteiger partial charge in [-0.2, -0.15) is 6.42 Å². The van der Waals surface area contributed by atoms with Gasteiger partial charge in [-0.05, 0) is 80.7 Å². The molecule has 4 aromatic rings. The van der Waals surface area contributed by atoms with E-state index >= 15 is 0 Å². The van der Waals surface area contributed by atoms with Gasteiger partial charge in [0.1, 0.15) is 46.6 Å². The zero-order chi connectivity index (χ0) is 47.9. The van der Waals surface area contributed by atoms with Gasteiger partial charge in [-0.1, -0.05) is 98.2 Å². The van der Waals surface area contributed by atoms with Crippen LogP contribution >= 0.6 is 58.0 Å². The van der Waals surface area contributed by atoms with E-state index in [1.54, 1.807) is 19.2 Å². The number of rotatable bonds is 10. The van der Waals surface area contributed by atoms with Crippen LogP contribution < -0.4 is 23.6 Å². The summed E-state index contributed by atoms with van der Waals surface area (Å²) in [4.78, 5) is 23.2. The number of benzene rings is 4. The van der Waals surface area contributed by atoms with E-state index in [9.17, 15) is 31.5 Å². The molecule has 0 heterocycles. The minimum atomic E-state index is -1.00. The van der Waals surface area contributed by atoms with Gasteiger partial charge in [0.2, 0.25) is 0 Å². The standard InChI is InChI=1S/C9H8ClFO3.C7H4ClFO2.C7H6ClF.C6H4ClFO.C6H15N.C4H9.C2H5ClO.CH3F.Li/c1-13-5-14-8-3-2-7(11)9(10)6(8)4-12;8-7-4(3-10)6(11)2-1-5(7)9;1-5-2-3-7(9)6(8)4-5;7-5-3-4(9)1-2-6(5)8;1-4-7(5-2)6-3;1-3-4-2;1-4-2-3;1-2;/h2-4H,5H2,1H3;1-3,11H;2-4H,1H3;1-3,9H;4-6H2,1-3H3;1,3-4H2,2H3;2H2,1H3;1H3;/q;;;;;-1;;;+1/i;;;;;;;1D;. The van der Waals surface area contributed by atoms with Gasteiger partial charge in [0.05, 0.1) is 39.7 Å². The fraction of sp³-hybridized carbons (Fsp3) is 0.357. The number of methoxy groups -OCH3 is 2. The molecule has 0 amide bonds. The first-order chi connectivity index (χ1) is 28.9. The molecule has 0 saturated carbocycles. The van der Waals surface area contributed by atoms with Crippen molar-refractivity contribution < 1.29 is 76.2 Å². The van der Waals surface area contributed by atoms with Crippen LogP contribution in [-0.4, -0.2) is 81.6 Å². The number of carbonyl (C=O) groups excluding carboxylic acids is 2. The Labute approximate surface area is 395 Å². The van der Waals surface area contributed by atoms with Crippen molar-refractivity contribution in [3.05, 3.63) is 128 Å². The quantitative estimate of drug-likeness (QED) is 0.0404. The summed E-state index contributed by atoms with van der Waals surface area (Å²) in [5, 5.41) is 17.2. The molecule has 19 heteroatoms. The van der Waals surface area contributed by atoms with Crippen molar-refractivity contribution in [1.82, 2.24) is 4.90 Å². The monoisotopic (exact) mass is 962 g/mol. The Kier molecular flexibility index (Phi) is 46.6. The average Bonchev–Trinajstić information content (AvgIpc) is 3.25. The van der Waals surface area contributed by atoms with Crippen LogP contribution in [0, 0.1) is 37.1 Å². The summed E-state index contributed by atoms with van der Waals surface area (Å²) in [6.07, 6.45) is 3.02. The summed E-state index contributed by atoms with van der Waals surface area (Å²) in [6, 6.07) is 12.9. The van der Waals surface area contributed by atoms with Crippen LogP contribution in [0.1, 0.15) is 68.2 Å². The van der Waals surface area contributed by atoms with E-state index in [1.165, 1.54) is 51.4 Å². The normalized spacial score (nSPS) is 9.33. The number of alkyl halides is 2. The van der Waals surface area contributed by atoms with Gasteiger partial charge in [-0.15, -0.1) is 0 Å². The minimum Gasteiger partial charge on any atom is -0.508 e. The maximum absolute atomic E-state index is 12.9. The predicted molar refractivity (Wildman–Crippen MR) is 235 cm³/mol. The van der Waals surface area contributed by atoms with Crippen molar-refractivity contribution in [2.75, 3.05) is 53.9 Å². The van der Waals surface area contributed by atoms with Crippen LogP contribution in [0.2, 0.25) is 20.1 Å². The molecular weight excluding hydrogens is 910 g/mol. The van der Waals surface area contributed by atoms with E-state index in [0.29, 0.717) is 18.6 Å².